The van der Waals surface area contributed by atoms with E-state index in [0.29, 0.717) is 4.99 Å². The van der Waals surface area contributed by atoms with Gasteiger partial charge >= 0.3 is 0 Å². The molecule has 0 amide bonds. The molecule has 0 saturated heterocycles. The standard InChI is InChI=1S/C16H19N3S/c1-12-3-4-14(16(17)20)15(11-12)19(2)10-7-13-5-8-18-9-6-13/h3-6,8-9,11H,7,10H2,1-2H3,(H2,17,20). The van der Waals surface area contributed by atoms with Crippen LogP contribution in [0.3, 0.4) is 0 Å². The lowest BCUT2D eigenvalue weighted by molar-refractivity contribution is 0.873. The fourth-order valence-electron chi connectivity index (χ4n) is 2.13. The van der Waals surface area contributed by atoms with E-state index >= 15 is 0 Å². The third-order valence-electron chi connectivity index (χ3n) is 3.32. The highest BCUT2D eigenvalue weighted by Gasteiger charge is 2.10. The summed E-state index contributed by atoms with van der Waals surface area (Å²) >= 11 is 5.13. The summed E-state index contributed by atoms with van der Waals surface area (Å²) in [6.45, 7) is 2.98. The van der Waals surface area contributed by atoms with Crippen LogP contribution in [0.5, 0.6) is 0 Å². The van der Waals surface area contributed by atoms with Crippen molar-refractivity contribution >= 4 is 22.9 Å². The molecule has 0 fully saturated rings. The highest BCUT2D eigenvalue weighted by Crippen LogP contribution is 2.21. The summed E-state index contributed by atoms with van der Waals surface area (Å²) in [7, 11) is 2.07. The molecule has 0 saturated carbocycles. The zero-order valence-electron chi connectivity index (χ0n) is 11.8. The van der Waals surface area contributed by atoms with Gasteiger partial charge < -0.3 is 10.6 Å². The Morgan fingerprint density at radius 1 is 1.25 bits per heavy atom. The molecule has 2 rings (SSSR count). The molecule has 0 atom stereocenters. The van der Waals surface area contributed by atoms with Crippen molar-refractivity contribution in [2.24, 2.45) is 5.73 Å². The van der Waals surface area contributed by atoms with Crippen LogP contribution in [0, 0.1) is 6.92 Å². The second kappa shape index (κ2) is 6.48. The number of pyridine rings is 1. The maximum Gasteiger partial charge on any atom is 0.106 e. The van der Waals surface area contributed by atoms with E-state index in [1.807, 2.05) is 36.7 Å². The lowest BCUT2D eigenvalue weighted by Gasteiger charge is -2.22. The van der Waals surface area contributed by atoms with Gasteiger partial charge in [0.25, 0.3) is 0 Å². The monoisotopic (exact) mass is 285 g/mol. The summed E-state index contributed by atoms with van der Waals surface area (Å²) in [5.74, 6) is 0. The first-order chi connectivity index (χ1) is 9.58. The molecule has 0 aliphatic rings. The molecule has 1 heterocycles. The molecule has 20 heavy (non-hydrogen) atoms. The number of nitrogens with zero attached hydrogens (tertiary/aromatic N) is 2. The molecule has 1 aromatic heterocycles. The topological polar surface area (TPSA) is 42.1 Å². The molecule has 104 valence electrons. The molecule has 2 N–H and O–H groups in total. The fraction of sp³-hybridized carbons (Fsp3) is 0.250. The van der Waals surface area contributed by atoms with Crippen molar-refractivity contribution in [1.29, 1.82) is 0 Å². The van der Waals surface area contributed by atoms with Gasteiger partial charge in [0.1, 0.15) is 4.99 Å². The van der Waals surface area contributed by atoms with Crippen molar-refractivity contribution in [3.8, 4) is 0 Å². The van der Waals surface area contributed by atoms with Crippen LogP contribution in [-0.2, 0) is 6.42 Å². The third kappa shape index (κ3) is 3.54. The number of likely N-dealkylation sites (N-methyl/N-ethyl adjacent to an activating group) is 1. The van der Waals surface area contributed by atoms with Gasteiger partial charge in [-0.1, -0.05) is 18.3 Å². The van der Waals surface area contributed by atoms with Crippen molar-refractivity contribution in [3.05, 3.63) is 59.4 Å². The van der Waals surface area contributed by atoms with Gasteiger partial charge in [-0.05, 0) is 48.7 Å². The normalized spacial score (nSPS) is 10.3. The van der Waals surface area contributed by atoms with Crippen molar-refractivity contribution in [3.63, 3.8) is 0 Å². The minimum atomic E-state index is 0.441. The third-order valence-corrected chi connectivity index (χ3v) is 3.54. The smallest absolute Gasteiger partial charge is 0.106 e. The molecule has 0 spiro atoms. The minimum Gasteiger partial charge on any atom is -0.389 e. The van der Waals surface area contributed by atoms with Gasteiger partial charge in [-0.3, -0.25) is 4.98 Å². The number of benzene rings is 1. The average Bonchev–Trinajstić information content (AvgIpc) is 2.45. The van der Waals surface area contributed by atoms with E-state index in [1.54, 1.807) is 0 Å². The molecule has 0 bridgehead atoms. The summed E-state index contributed by atoms with van der Waals surface area (Å²) in [6, 6.07) is 10.2. The molecule has 0 aliphatic heterocycles. The van der Waals surface area contributed by atoms with E-state index in [9.17, 15) is 0 Å². The second-order valence-electron chi connectivity index (χ2n) is 4.91. The maximum absolute atomic E-state index is 5.81. The summed E-state index contributed by atoms with van der Waals surface area (Å²) in [5, 5.41) is 0. The number of thiocarbonyl (C=S) groups is 1. The van der Waals surface area contributed by atoms with Gasteiger partial charge in [0.05, 0.1) is 0 Å². The van der Waals surface area contributed by atoms with Crippen LogP contribution < -0.4 is 10.6 Å². The predicted octanol–water partition coefficient (Wildman–Crippen LogP) is 2.70. The van der Waals surface area contributed by atoms with Crippen LogP contribution in [0.4, 0.5) is 5.69 Å². The first-order valence-corrected chi connectivity index (χ1v) is 6.99. The van der Waals surface area contributed by atoms with E-state index in [4.69, 9.17) is 18.0 Å². The Morgan fingerprint density at radius 3 is 2.60 bits per heavy atom. The molecule has 0 radical (unpaired) electrons. The maximum atomic E-state index is 5.81. The summed E-state index contributed by atoms with van der Waals surface area (Å²) in [6.07, 6.45) is 4.61. The van der Waals surface area contributed by atoms with E-state index in [2.05, 4.69) is 29.9 Å². The zero-order chi connectivity index (χ0) is 14.5. The number of nitrogens with two attached hydrogens (primary N) is 1. The van der Waals surface area contributed by atoms with Gasteiger partial charge in [0.15, 0.2) is 0 Å². The quantitative estimate of drug-likeness (QED) is 0.858. The largest absolute Gasteiger partial charge is 0.389 e. The molecule has 2 aromatic rings. The van der Waals surface area contributed by atoms with Crippen LogP contribution in [0.2, 0.25) is 0 Å². The molecule has 0 unspecified atom stereocenters. The first kappa shape index (κ1) is 14.5. The Hall–Kier alpha value is -1.94. The Balaban J connectivity index is 2.14. The van der Waals surface area contributed by atoms with Crippen LogP contribution >= 0.6 is 12.2 Å². The number of hydrogen-bond acceptors (Lipinski definition) is 3. The minimum absolute atomic E-state index is 0.441. The van der Waals surface area contributed by atoms with Crippen LogP contribution in [0.1, 0.15) is 16.7 Å². The highest BCUT2D eigenvalue weighted by atomic mass is 32.1. The summed E-state index contributed by atoms with van der Waals surface area (Å²) < 4.78 is 0. The Bertz CT molecular complexity index is 596. The fourth-order valence-corrected chi connectivity index (χ4v) is 2.31. The van der Waals surface area contributed by atoms with E-state index in [1.165, 1.54) is 11.1 Å². The zero-order valence-corrected chi connectivity index (χ0v) is 12.7. The first-order valence-electron chi connectivity index (χ1n) is 6.58. The molecule has 0 aliphatic carbocycles. The average molecular weight is 285 g/mol. The number of anilines is 1. The molecular formula is C16H19N3S. The van der Waals surface area contributed by atoms with Gasteiger partial charge in [-0.2, -0.15) is 0 Å². The number of aryl methyl sites for hydroxylation is 1. The van der Waals surface area contributed by atoms with Gasteiger partial charge in [0.2, 0.25) is 0 Å². The predicted molar refractivity (Wildman–Crippen MR) is 88.3 cm³/mol. The van der Waals surface area contributed by atoms with Crippen LogP contribution in [0.15, 0.2) is 42.7 Å². The van der Waals surface area contributed by atoms with Crippen molar-refractivity contribution in [1.82, 2.24) is 4.98 Å². The summed E-state index contributed by atoms with van der Waals surface area (Å²) in [4.78, 5) is 6.67. The highest BCUT2D eigenvalue weighted by molar-refractivity contribution is 7.80. The Labute approximate surface area is 125 Å². The van der Waals surface area contributed by atoms with Gasteiger partial charge in [-0.15, -0.1) is 0 Å². The van der Waals surface area contributed by atoms with Crippen LogP contribution in [0.25, 0.3) is 0 Å². The van der Waals surface area contributed by atoms with Gasteiger partial charge in [-0.25, -0.2) is 0 Å². The van der Waals surface area contributed by atoms with E-state index < -0.39 is 0 Å². The van der Waals surface area contributed by atoms with Crippen molar-refractivity contribution in [2.75, 3.05) is 18.5 Å². The number of rotatable bonds is 5. The van der Waals surface area contributed by atoms with E-state index in [-0.39, 0.29) is 0 Å². The Morgan fingerprint density at radius 2 is 1.95 bits per heavy atom. The molecule has 1 aromatic carbocycles. The lowest BCUT2D eigenvalue weighted by atomic mass is 10.1. The second-order valence-corrected chi connectivity index (χ2v) is 5.35. The molecule has 4 heteroatoms. The Kier molecular flexibility index (Phi) is 4.69. The van der Waals surface area contributed by atoms with Crippen molar-refractivity contribution in [2.45, 2.75) is 13.3 Å². The number of hydrogen-bond donors (Lipinski definition) is 1. The molecule has 3 nitrogen and oxygen atoms in total. The van der Waals surface area contributed by atoms with Gasteiger partial charge in [0, 0.05) is 37.2 Å². The van der Waals surface area contributed by atoms with Crippen LogP contribution in [-0.4, -0.2) is 23.6 Å². The lowest BCUT2D eigenvalue weighted by Crippen LogP contribution is -2.24. The van der Waals surface area contributed by atoms with E-state index in [0.717, 1.165) is 24.2 Å². The molecular weight excluding hydrogens is 266 g/mol. The number of aromatic nitrogens is 1. The SMILES string of the molecule is Cc1ccc(C(N)=S)c(N(C)CCc2ccncc2)c1. The summed E-state index contributed by atoms with van der Waals surface area (Å²) in [5.41, 5.74) is 10.3. The van der Waals surface area contributed by atoms with Crippen molar-refractivity contribution < 1.29 is 0 Å².